The van der Waals surface area contributed by atoms with Crippen molar-refractivity contribution in [1.29, 1.82) is 0 Å². The number of nitrogens with one attached hydrogen (secondary N) is 1. The topological polar surface area (TPSA) is 34.4 Å². The SMILES string of the molecule is CC(NCCCOCc1ccco1)C1CC2C=CC1C2. The molecule has 1 aromatic rings. The van der Waals surface area contributed by atoms with Crippen LogP contribution in [0.5, 0.6) is 0 Å². The molecule has 20 heavy (non-hydrogen) atoms. The van der Waals surface area contributed by atoms with Gasteiger partial charge in [-0.25, -0.2) is 0 Å². The normalized spacial score (nSPS) is 29.1. The molecule has 0 saturated heterocycles. The first-order valence-electron chi connectivity index (χ1n) is 7.85. The summed E-state index contributed by atoms with van der Waals surface area (Å²) in [5, 5.41) is 3.67. The van der Waals surface area contributed by atoms with Crippen molar-refractivity contribution < 1.29 is 9.15 Å². The van der Waals surface area contributed by atoms with Gasteiger partial charge in [0, 0.05) is 12.6 Å². The highest BCUT2D eigenvalue weighted by Gasteiger charge is 2.38. The molecule has 1 N–H and O–H groups in total. The highest BCUT2D eigenvalue weighted by molar-refractivity contribution is 5.11. The second-order valence-electron chi connectivity index (χ2n) is 6.17. The highest BCUT2D eigenvalue weighted by Crippen LogP contribution is 2.44. The van der Waals surface area contributed by atoms with Gasteiger partial charge in [-0.15, -0.1) is 0 Å². The number of fused-ring (bicyclic) bond motifs is 2. The lowest BCUT2D eigenvalue weighted by Crippen LogP contribution is -2.36. The molecule has 0 spiro atoms. The average Bonchev–Trinajstić information content (AvgIpc) is 3.18. The Morgan fingerprint density at radius 3 is 3.05 bits per heavy atom. The van der Waals surface area contributed by atoms with E-state index in [0.29, 0.717) is 12.6 Å². The first-order valence-corrected chi connectivity index (χ1v) is 7.85. The minimum atomic E-state index is 0.583. The summed E-state index contributed by atoms with van der Waals surface area (Å²) in [5.41, 5.74) is 0. The Balaban J connectivity index is 1.25. The van der Waals surface area contributed by atoms with Crippen molar-refractivity contribution in [3.63, 3.8) is 0 Å². The van der Waals surface area contributed by atoms with Gasteiger partial charge in [-0.05, 0) is 62.6 Å². The minimum Gasteiger partial charge on any atom is -0.467 e. The van der Waals surface area contributed by atoms with Crippen LogP contribution in [0.15, 0.2) is 35.0 Å². The van der Waals surface area contributed by atoms with E-state index in [1.807, 2.05) is 12.1 Å². The molecule has 3 rings (SSSR count). The van der Waals surface area contributed by atoms with Crippen molar-refractivity contribution in [3.8, 4) is 0 Å². The first kappa shape index (κ1) is 13.9. The molecule has 110 valence electrons. The van der Waals surface area contributed by atoms with Crippen LogP contribution in [-0.2, 0) is 11.3 Å². The summed E-state index contributed by atoms with van der Waals surface area (Å²) >= 11 is 0. The molecule has 1 saturated carbocycles. The Morgan fingerprint density at radius 1 is 1.40 bits per heavy atom. The number of hydrogen-bond acceptors (Lipinski definition) is 3. The highest BCUT2D eigenvalue weighted by atomic mass is 16.5. The summed E-state index contributed by atoms with van der Waals surface area (Å²) in [6, 6.07) is 4.47. The molecule has 0 aliphatic heterocycles. The van der Waals surface area contributed by atoms with Gasteiger partial charge in [0.1, 0.15) is 12.4 Å². The molecular formula is C17H25NO2. The predicted molar refractivity (Wildman–Crippen MR) is 79.3 cm³/mol. The molecule has 2 aliphatic carbocycles. The summed E-state index contributed by atoms with van der Waals surface area (Å²) < 4.78 is 10.8. The largest absolute Gasteiger partial charge is 0.467 e. The lowest BCUT2D eigenvalue weighted by molar-refractivity contribution is 0.103. The number of rotatable bonds is 8. The maximum absolute atomic E-state index is 5.59. The van der Waals surface area contributed by atoms with E-state index < -0.39 is 0 Å². The fraction of sp³-hybridized carbons (Fsp3) is 0.647. The van der Waals surface area contributed by atoms with Crippen LogP contribution in [0.1, 0.15) is 31.9 Å². The van der Waals surface area contributed by atoms with Crippen LogP contribution in [0.3, 0.4) is 0 Å². The van der Waals surface area contributed by atoms with Gasteiger partial charge < -0.3 is 14.5 Å². The maximum Gasteiger partial charge on any atom is 0.129 e. The van der Waals surface area contributed by atoms with Gasteiger partial charge in [0.15, 0.2) is 0 Å². The Bertz CT molecular complexity index is 426. The van der Waals surface area contributed by atoms with Crippen LogP contribution in [0.4, 0.5) is 0 Å². The minimum absolute atomic E-state index is 0.583. The zero-order chi connectivity index (χ0) is 13.8. The van der Waals surface area contributed by atoms with Gasteiger partial charge in [-0.3, -0.25) is 0 Å². The predicted octanol–water partition coefficient (Wildman–Crippen LogP) is 3.38. The third-order valence-corrected chi connectivity index (χ3v) is 4.73. The fourth-order valence-electron chi connectivity index (χ4n) is 3.62. The lowest BCUT2D eigenvalue weighted by atomic mass is 9.87. The molecule has 0 amide bonds. The van der Waals surface area contributed by atoms with Gasteiger partial charge in [-0.1, -0.05) is 12.2 Å². The first-order chi connectivity index (χ1) is 9.83. The van der Waals surface area contributed by atoms with Crippen molar-refractivity contribution >= 4 is 0 Å². The van der Waals surface area contributed by atoms with E-state index in [1.165, 1.54) is 12.8 Å². The summed E-state index contributed by atoms with van der Waals surface area (Å²) in [4.78, 5) is 0. The Kier molecular flexibility index (Phi) is 4.58. The van der Waals surface area contributed by atoms with Gasteiger partial charge >= 0.3 is 0 Å². The monoisotopic (exact) mass is 275 g/mol. The molecule has 0 radical (unpaired) electrons. The molecule has 1 heterocycles. The number of ether oxygens (including phenoxy) is 1. The molecule has 4 atom stereocenters. The average molecular weight is 275 g/mol. The van der Waals surface area contributed by atoms with E-state index >= 15 is 0 Å². The van der Waals surface area contributed by atoms with Crippen molar-refractivity contribution in [2.75, 3.05) is 13.2 Å². The van der Waals surface area contributed by atoms with Crippen LogP contribution in [0.25, 0.3) is 0 Å². The van der Waals surface area contributed by atoms with Gasteiger partial charge in [0.2, 0.25) is 0 Å². The standard InChI is InChI=1S/C17H25NO2/c1-13(17-11-14-5-6-15(17)10-14)18-7-3-8-19-12-16-4-2-9-20-16/h2,4-6,9,13-15,17-18H,3,7-8,10-12H2,1H3. The summed E-state index contributed by atoms with van der Waals surface area (Å²) in [6.07, 6.45) is 10.4. The van der Waals surface area contributed by atoms with E-state index in [9.17, 15) is 0 Å². The lowest BCUT2D eigenvalue weighted by Gasteiger charge is -2.26. The van der Waals surface area contributed by atoms with E-state index in [-0.39, 0.29) is 0 Å². The second kappa shape index (κ2) is 6.59. The third kappa shape index (κ3) is 3.33. The Hall–Kier alpha value is -1.06. The number of hydrogen-bond donors (Lipinski definition) is 1. The van der Waals surface area contributed by atoms with Crippen LogP contribution in [0, 0.1) is 17.8 Å². The molecule has 1 aromatic heterocycles. The summed E-state index contributed by atoms with van der Waals surface area (Å²) in [6.45, 7) is 4.75. The summed E-state index contributed by atoms with van der Waals surface area (Å²) in [5.74, 6) is 3.44. The Morgan fingerprint density at radius 2 is 2.35 bits per heavy atom. The van der Waals surface area contributed by atoms with Crippen molar-refractivity contribution in [1.82, 2.24) is 5.32 Å². The van der Waals surface area contributed by atoms with Gasteiger partial charge in [0.05, 0.1) is 6.26 Å². The molecule has 2 aliphatic rings. The van der Waals surface area contributed by atoms with Crippen molar-refractivity contribution in [2.24, 2.45) is 17.8 Å². The Labute approximate surface area is 121 Å². The van der Waals surface area contributed by atoms with E-state index in [4.69, 9.17) is 9.15 Å². The van der Waals surface area contributed by atoms with Gasteiger partial charge in [0.25, 0.3) is 0 Å². The molecule has 2 bridgehead atoms. The molecule has 0 aromatic carbocycles. The molecule has 1 fully saturated rings. The third-order valence-electron chi connectivity index (χ3n) is 4.73. The van der Waals surface area contributed by atoms with Crippen LogP contribution in [0.2, 0.25) is 0 Å². The smallest absolute Gasteiger partial charge is 0.129 e. The number of allylic oxidation sites excluding steroid dienone is 2. The van der Waals surface area contributed by atoms with Crippen LogP contribution in [-0.4, -0.2) is 19.2 Å². The van der Waals surface area contributed by atoms with Crippen molar-refractivity contribution in [3.05, 3.63) is 36.3 Å². The fourth-order valence-corrected chi connectivity index (χ4v) is 3.62. The zero-order valence-electron chi connectivity index (χ0n) is 12.3. The van der Waals surface area contributed by atoms with E-state index in [1.54, 1.807) is 6.26 Å². The quantitative estimate of drug-likeness (QED) is 0.583. The van der Waals surface area contributed by atoms with Gasteiger partial charge in [-0.2, -0.15) is 0 Å². The number of furan rings is 1. The van der Waals surface area contributed by atoms with E-state index in [0.717, 1.165) is 43.1 Å². The molecule has 4 unspecified atom stereocenters. The van der Waals surface area contributed by atoms with Crippen molar-refractivity contribution in [2.45, 2.75) is 38.8 Å². The molecule has 3 nitrogen and oxygen atoms in total. The van der Waals surface area contributed by atoms with Crippen LogP contribution < -0.4 is 5.32 Å². The summed E-state index contributed by atoms with van der Waals surface area (Å²) in [7, 11) is 0. The van der Waals surface area contributed by atoms with E-state index in [2.05, 4.69) is 24.4 Å². The molecule has 3 heteroatoms. The van der Waals surface area contributed by atoms with Crippen LogP contribution >= 0.6 is 0 Å². The second-order valence-corrected chi connectivity index (χ2v) is 6.17. The maximum atomic E-state index is 5.59. The zero-order valence-corrected chi connectivity index (χ0v) is 12.3. The molecular weight excluding hydrogens is 250 g/mol.